The summed E-state index contributed by atoms with van der Waals surface area (Å²) < 4.78 is 16.2. The van der Waals surface area contributed by atoms with Gasteiger partial charge in [0.15, 0.2) is 0 Å². The summed E-state index contributed by atoms with van der Waals surface area (Å²) in [5.41, 5.74) is 1.56. The Balaban J connectivity index is 1.60. The third-order valence-corrected chi connectivity index (χ3v) is 3.57. The Bertz CT molecular complexity index is 934. The minimum Gasteiger partial charge on any atom is -0.481 e. The van der Waals surface area contributed by atoms with Crippen LogP contribution >= 0.6 is 0 Å². The molecule has 0 fully saturated rings. The standard InChI is InChI=1S/C17H16FN5O3/c18-14-3-1-2-12(6-14)9-23-11-15(8-20-23)21-17(26)13-7-19-22(10-13)5-4-16(24)25/h1-3,6-8,10-11H,4-5,9H2,(H,21,26)(H,24,25). The van der Waals surface area contributed by atoms with Gasteiger partial charge in [-0.15, -0.1) is 0 Å². The summed E-state index contributed by atoms with van der Waals surface area (Å²) in [5, 5.41) is 19.4. The Labute approximate surface area is 147 Å². The van der Waals surface area contributed by atoms with Crippen LogP contribution in [0.3, 0.4) is 0 Å². The lowest BCUT2D eigenvalue weighted by atomic mass is 10.2. The first-order valence-corrected chi connectivity index (χ1v) is 7.82. The molecule has 3 aromatic rings. The van der Waals surface area contributed by atoms with Crippen molar-refractivity contribution in [3.8, 4) is 0 Å². The topological polar surface area (TPSA) is 102 Å². The summed E-state index contributed by atoms with van der Waals surface area (Å²) in [5.74, 6) is -1.63. The number of carbonyl (C=O) groups is 2. The number of hydrogen-bond acceptors (Lipinski definition) is 4. The number of aromatic nitrogens is 4. The largest absolute Gasteiger partial charge is 0.481 e. The molecule has 0 aliphatic carbocycles. The summed E-state index contributed by atoms with van der Waals surface area (Å²) in [7, 11) is 0. The Morgan fingerprint density at radius 3 is 2.73 bits per heavy atom. The van der Waals surface area contributed by atoms with Crippen molar-refractivity contribution in [3.05, 3.63) is 66.0 Å². The molecule has 0 atom stereocenters. The molecule has 0 spiro atoms. The molecule has 0 bridgehead atoms. The normalized spacial score (nSPS) is 10.7. The third kappa shape index (κ3) is 4.53. The van der Waals surface area contributed by atoms with E-state index >= 15 is 0 Å². The number of nitrogens with one attached hydrogen (secondary N) is 1. The second-order valence-electron chi connectivity index (χ2n) is 5.65. The molecule has 0 aliphatic rings. The van der Waals surface area contributed by atoms with Crippen molar-refractivity contribution >= 4 is 17.6 Å². The van der Waals surface area contributed by atoms with Gasteiger partial charge in [0.2, 0.25) is 0 Å². The SMILES string of the molecule is O=C(O)CCn1cc(C(=O)Nc2cnn(Cc3cccc(F)c3)c2)cn1. The molecule has 3 rings (SSSR count). The van der Waals surface area contributed by atoms with Crippen LogP contribution in [-0.2, 0) is 17.9 Å². The van der Waals surface area contributed by atoms with E-state index in [-0.39, 0.29) is 24.7 Å². The molecule has 2 heterocycles. The second kappa shape index (κ2) is 7.60. The first-order valence-electron chi connectivity index (χ1n) is 7.82. The highest BCUT2D eigenvalue weighted by atomic mass is 19.1. The number of halogens is 1. The molecule has 0 saturated heterocycles. The molecule has 0 unspecified atom stereocenters. The van der Waals surface area contributed by atoms with E-state index in [1.807, 2.05) is 0 Å². The van der Waals surface area contributed by atoms with Crippen LogP contribution in [0.15, 0.2) is 49.1 Å². The molecule has 0 aliphatic heterocycles. The number of carboxylic acids is 1. The van der Waals surface area contributed by atoms with Crippen molar-refractivity contribution < 1.29 is 19.1 Å². The highest BCUT2D eigenvalue weighted by Crippen LogP contribution is 2.11. The van der Waals surface area contributed by atoms with Gasteiger partial charge in [0, 0.05) is 12.4 Å². The number of rotatable bonds is 7. The van der Waals surface area contributed by atoms with Gasteiger partial charge in [-0.3, -0.25) is 19.0 Å². The molecule has 1 aromatic carbocycles. The predicted octanol–water partition coefficient (Wildman–Crippen LogP) is 1.99. The van der Waals surface area contributed by atoms with Gasteiger partial charge in [0.05, 0.1) is 43.2 Å². The number of aryl methyl sites for hydroxylation is 1. The zero-order valence-electron chi connectivity index (χ0n) is 13.7. The summed E-state index contributed by atoms with van der Waals surface area (Å²) in [6.07, 6.45) is 5.91. The highest BCUT2D eigenvalue weighted by Gasteiger charge is 2.11. The van der Waals surface area contributed by atoms with Gasteiger partial charge in [-0.05, 0) is 17.7 Å². The predicted molar refractivity (Wildman–Crippen MR) is 90.2 cm³/mol. The van der Waals surface area contributed by atoms with E-state index in [1.54, 1.807) is 23.0 Å². The second-order valence-corrected chi connectivity index (χ2v) is 5.65. The highest BCUT2D eigenvalue weighted by molar-refractivity contribution is 6.03. The number of anilines is 1. The van der Waals surface area contributed by atoms with E-state index in [0.29, 0.717) is 17.8 Å². The summed E-state index contributed by atoms with van der Waals surface area (Å²) in [4.78, 5) is 22.8. The van der Waals surface area contributed by atoms with E-state index in [0.717, 1.165) is 5.56 Å². The quantitative estimate of drug-likeness (QED) is 0.673. The van der Waals surface area contributed by atoms with Crippen molar-refractivity contribution in [1.29, 1.82) is 0 Å². The van der Waals surface area contributed by atoms with Crippen molar-refractivity contribution in [2.24, 2.45) is 0 Å². The zero-order chi connectivity index (χ0) is 18.5. The van der Waals surface area contributed by atoms with E-state index in [1.165, 1.54) is 35.4 Å². The van der Waals surface area contributed by atoms with Gasteiger partial charge in [0.1, 0.15) is 5.82 Å². The molecule has 1 amide bonds. The van der Waals surface area contributed by atoms with Crippen molar-refractivity contribution in [2.45, 2.75) is 19.5 Å². The molecule has 8 nitrogen and oxygen atoms in total. The van der Waals surface area contributed by atoms with Crippen LogP contribution < -0.4 is 5.32 Å². The summed E-state index contributed by atoms with van der Waals surface area (Å²) >= 11 is 0. The molecule has 2 N–H and O–H groups in total. The molecule has 26 heavy (non-hydrogen) atoms. The Kier molecular flexibility index (Phi) is 5.07. The van der Waals surface area contributed by atoms with Gasteiger partial charge >= 0.3 is 5.97 Å². The maximum atomic E-state index is 13.2. The number of carboxylic acid groups (broad SMARTS) is 1. The summed E-state index contributed by atoms with van der Waals surface area (Å²) in [6, 6.07) is 6.20. The smallest absolute Gasteiger partial charge is 0.305 e. The van der Waals surface area contributed by atoms with Crippen molar-refractivity contribution in [1.82, 2.24) is 19.6 Å². The zero-order valence-corrected chi connectivity index (χ0v) is 13.7. The molecule has 134 valence electrons. The Hall–Kier alpha value is -3.49. The number of hydrogen-bond donors (Lipinski definition) is 2. The number of carbonyl (C=O) groups excluding carboxylic acids is 1. The summed E-state index contributed by atoms with van der Waals surface area (Å²) in [6.45, 7) is 0.564. The van der Waals surface area contributed by atoms with Crippen LogP contribution in [0.1, 0.15) is 22.3 Å². The van der Waals surface area contributed by atoms with E-state index in [4.69, 9.17) is 5.11 Å². The first kappa shape index (κ1) is 17.3. The maximum Gasteiger partial charge on any atom is 0.305 e. The van der Waals surface area contributed by atoms with Crippen molar-refractivity contribution in [2.75, 3.05) is 5.32 Å². The van der Waals surface area contributed by atoms with Crippen LogP contribution in [0.2, 0.25) is 0 Å². The molecule has 2 aromatic heterocycles. The Morgan fingerprint density at radius 2 is 1.96 bits per heavy atom. The average Bonchev–Trinajstić information content (AvgIpc) is 3.22. The number of nitrogens with zero attached hydrogens (tertiary/aromatic N) is 4. The molecule has 0 radical (unpaired) electrons. The fraction of sp³-hybridized carbons (Fsp3) is 0.176. The molecule has 0 saturated carbocycles. The van der Waals surface area contributed by atoms with E-state index in [2.05, 4.69) is 15.5 Å². The molecule has 9 heteroatoms. The molecular weight excluding hydrogens is 341 g/mol. The van der Waals surface area contributed by atoms with Crippen LogP contribution in [0, 0.1) is 5.82 Å². The first-order chi connectivity index (χ1) is 12.5. The van der Waals surface area contributed by atoms with Gasteiger partial charge < -0.3 is 10.4 Å². The third-order valence-electron chi connectivity index (χ3n) is 3.57. The monoisotopic (exact) mass is 357 g/mol. The van der Waals surface area contributed by atoms with Crippen LogP contribution in [0.4, 0.5) is 10.1 Å². The van der Waals surface area contributed by atoms with Crippen LogP contribution in [0.5, 0.6) is 0 Å². The van der Waals surface area contributed by atoms with Crippen LogP contribution in [0.25, 0.3) is 0 Å². The number of amides is 1. The van der Waals surface area contributed by atoms with E-state index < -0.39 is 5.97 Å². The van der Waals surface area contributed by atoms with Gasteiger partial charge in [-0.1, -0.05) is 12.1 Å². The lowest BCUT2D eigenvalue weighted by Crippen LogP contribution is -2.11. The minimum atomic E-state index is -0.933. The van der Waals surface area contributed by atoms with Crippen LogP contribution in [-0.4, -0.2) is 36.5 Å². The van der Waals surface area contributed by atoms with Gasteiger partial charge in [-0.2, -0.15) is 10.2 Å². The Morgan fingerprint density at radius 1 is 1.15 bits per heavy atom. The fourth-order valence-corrected chi connectivity index (χ4v) is 2.35. The number of aliphatic carboxylic acids is 1. The number of benzene rings is 1. The molecular formula is C17H16FN5O3. The fourth-order valence-electron chi connectivity index (χ4n) is 2.35. The average molecular weight is 357 g/mol. The minimum absolute atomic E-state index is 0.0738. The van der Waals surface area contributed by atoms with Gasteiger partial charge in [-0.25, -0.2) is 4.39 Å². The van der Waals surface area contributed by atoms with Gasteiger partial charge in [0.25, 0.3) is 5.91 Å². The lowest BCUT2D eigenvalue weighted by molar-refractivity contribution is -0.137. The maximum absolute atomic E-state index is 13.2. The van der Waals surface area contributed by atoms with Crippen molar-refractivity contribution in [3.63, 3.8) is 0 Å². The van der Waals surface area contributed by atoms with E-state index in [9.17, 15) is 14.0 Å². The lowest BCUT2D eigenvalue weighted by Gasteiger charge is -2.02.